The lowest BCUT2D eigenvalue weighted by molar-refractivity contribution is -0.117. The van der Waals surface area contributed by atoms with Gasteiger partial charge in [-0.05, 0) is 23.6 Å². The molecule has 1 aliphatic heterocycles. The Labute approximate surface area is 113 Å². The molecule has 1 unspecified atom stereocenters. The fraction of sp³-hybridized carbons (Fsp3) is 0.214. The summed E-state index contributed by atoms with van der Waals surface area (Å²) in [6, 6.07) is 11.1. The SMILES string of the molecule is O=C1CC(Br)CN1c1cccc2ccc(O)cc12. The fourth-order valence-corrected chi connectivity index (χ4v) is 2.94. The number of amides is 1. The third kappa shape index (κ3) is 1.86. The summed E-state index contributed by atoms with van der Waals surface area (Å²) in [6.45, 7) is 0.674. The molecule has 0 saturated carbocycles. The van der Waals surface area contributed by atoms with Gasteiger partial charge < -0.3 is 10.0 Å². The maximum Gasteiger partial charge on any atom is 0.228 e. The molecule has 3 rings (SSSR count). The lowest BCUT2D eigenvalue weighted by Crippen LogP contribution is -2.24. The Morgan fingerprint density at radius 3 is 2.83 bits per heavy atom. The molecular weight excluding hydrogens is 294 g/mol. The smallest absolute Gasteiger partial charge is 0.228 e. The number of halogens is 1. The molecule has 1 atom stereocenters. The van der Waals surface area contributed by atoms with E-state index in [0.29, 0.717) is 13.0 Å². The van der Waals surface area contributed by atoms with Gasteiger partial charge in [0.2, 0.25) is 5.91 Å². The van der Waals surface area contributed by atoms with E-state index in [1.54, 1.807) is 17.0 Å². The van der Waals surface area contributed by atoms with Crippen LogP contribution in [0.2, 0.25) is 0 Å². The van der Waals surface area contributed by atoms with Crippen molar-refractivity contribution in [3.63, 3.8) is 0 Å². The van der Waals surface area contributed by atoms with Crippen molar-refractivity contribution in [2.24, 2.45) is 0 Å². The summed E-state index contributed by atoms with van der Waals surface area (Å²) in [4.78, 5) is 13.9. The van der Waals surface area contributed by atoms with Crippen LogP contribution >= 0.6 is 15.9 Å². The second-order valence-electron chi connectivity index (χ2n) is 4.49. The van der Waals surface area contributed by atoms with Gasteiger partial charge in [0, 0.05) is 23.2 Å². The van der Waals surface area contributed by atoms with E-state index in [1.165, 1.54) is 0 Å². The number of aromatic hydroxyl groups is 1. The molecule has 1 aliphatic rings. The first-order valence-corrected chi connectivity index (χ1v) is 6.73. The first-order valence-electron chi connectivity index (χ1n) is 5.81. The van der Waals surface area contributed by atoms with Crippen LogP contribution in [0.3, 0.4) is 0 Å². The van der Waals surface area contributed by atoms with E-state index in [2.05, 4.69) is 15.9 Å². The minimum Gasteiger partial charge on any atom is -0.508 e. The number of hydrogen-bond acceptors (Lipinski definition) is 2. The molecule has 1 heterocycles. The van der Waals surface area contributed by atoms with E-state index in [1.807, 2.05) is 24.3 Å². The summed E-state index contributed by atoms with van der Waals surface area (Å²) in [5.41, 5.74) is 0.871. The van der Waals surface area contributed by atoms with Crippen LogP contribution in [0.25, 0.3) is 10.8 Å². The molecule has 0 radical (unpaired) electrons. The maximum absolute atomic E-state index is 11.9. The Hall–Kier alpha value is -1.55. The third-order valence-electron chi connectivity index (χ3n) is 3.21. The minimum atomic E-state index is 0.118. The highest BCUT2D eigenvalue weighted by molar-refractivity contribution is 9.09. The van der Waals surface area contributed by atoms with Crippen LogP contribution in [0, 0.1) is 0 Å². The van der Waals surface area contributed by atoms with Gasteiger partial charge in [0.1, 0.15) is 5.75 Å². The first kappa shape index (κ1) is 11.5. The van der Waals surface area contributed by atoms with Gasteiger partial charge in [-0.1, -0.05) is 34.1 Å². The van der Waals surface area contributed by atoms with E-state index >= 15 is 0 Å². The topological polar surface area (TPSA) is 40.5 Å². The number of anilines is 1. The highest BCUT2D eigenvalue weighted by Crippen LogP contribution is 2.33. The molecule has 0 spiro atoms. The molecule has 4 heteroatoms. The van der Waals surface area contributed by atoms with E-state index < -0.39 is 0 Å². The van der Waals surface area contributed by atoms with Crippen molar-refractivity contribution < 1.29 is 9.90 Å². The van der Waals surface area contributed by atoms with Gasteiger partial charge in [-0.25, -0.2) is 0 Å². The Morgan fingerprint density at radius 1 is 1.28 bits per heavy atom. The largest absolute Gasteiger partial charge is 0.508 e. The molecule has 1 saturated heterocycles. The Bertz CT molecular complexity index is 626. The van der Waals surface area contributed by atoms with Crippen molar-refractivity contribution in [2.45, 2.75) is 11.2 Å². The van der Waals surface area contributed by atoms with E-state index in [4.69, 9.17) is 0 Å². The first-order chi connectivity index (χ1) is 8.65. The van der Waals surface area contributed by atoms with Crippen molar-refractivity contribution in [1.82, 2.24) is 0 Å². The molecular formula is C14H12BrNO2. The van der Waals surface area contributed by atoms with Crippen LogP contribution < -0.4 is 4.90 Å². The van der Waals surface area contributed by atoms with Crippen LogP contribution in [0.15, 0.2) is 36.4 Å². The number of benzene rings is 2. The van der Waals surface area contributed by atoms with E-state index in [9.17, 15) is 9.90 Å². The summed E-state index contributed by atoms with van der Waals surface area (Å²) < 4.78 is 0. The maximum atomic E-state index is 11.9. The van der Waals surface area contributed by atoms with Crippen LogP contribution in [-0.4, -0.2) is 22.4 Å². The third-order valence-corrected chi connectivity index (χ3v) is 3.82. The monoisotopic (exact) mass is 305 g/mol. The number of carbonyl (C=O) groups is 1. The molecule has 1 fully saturated rings. The van der Waals surface area contributed by atoms with Crippen LogP contribution in [0.5, 0.6) is 5.75 Å². The second kappa shape index (κ2) is 4.28. The predicted octanol–water partition coefficient (Wildman–Crippen LogP) is 3.05. The van der Waals surface area contributed by atoms with Gasteiger partial charge in [0.15, 0.2) is 0 Å². The number of nitrogens with zero attached hydrogens (tertiary/aromatic N) is 1. The number of hydrogen-bond donors (Lipinski definition) is 1. The van der Waals surface area contributed by atoms with Gasteiger partial charge in [0.05, 0.1) is 5.69 Å². The van der Waals surface area contributed by atoms with Gasteiger partial charge in [-0.3, -0.25) is 4.79 Å². The molecule has 3 nitrogen and oxygen atoms in total. The van der Waals surface area contributed by atoms with E-state index in [0.717, 1.165) is 16.5 Å². The van der Waals surface area contributed by atoms with Crippen molar-refractivity contribution in [3.8, 4) is 5.75 Å². The summed E-state index contributed by atoms with van der Waals surface area (Å²) in [5.74, 6) is 0.338. The highest BCUT2D eigenvalue weighted by Gasteiger charge is 2.29. The second-order valence-corrected chi connectivity index (χ2v) is 5.78. The molecule has 0 aromatic heterocycles. The zero-order valence-corrected chi connectivity index (χ0v) is 11.2. The number of rotatable bonds is 1. The quantitative estimate of drug-likeness (QED) is 0.823. The molecule has 1 amide bonds. The van der Waals surface area contributed by atoms with Crippen LogP contribution in [0.4, 0.5) is 5.69 Å². The molecule has 0 bridgehead atoms. The number of carbonyl (C=O) groups excluding carboxylic acids is 1. The Morgan fingerprint density at radius 2 is 2.11 bits per heavy atom. The van der Waals surface area contributed by atoms with Gasteiger partial charge >= 0.3 is 0 Å². The Balaban J connectivity index is 2.17. The normalized spacial score (nSPS) is 19.7. The van der Waals surface area contributed by atoms with Gasteiger partial charge in [-0.15, -0.1) is 0 Å². The van der Waals surface area contributed by atoms with Crippen LogP contribution in [0.1, 0.15) is 6.42 Å². The van der Waals surface area contributed by atoms with Crippen LogP contribution in [-0.2, 0) is 4.79 Å². The van der Waals surface area contributed by atoms with Crippen molar-refractivity contribution in [1.29, 1.82) is 0 Å². The molecule has 92 valence electrons. The predicted molar refractivity (Wildman–Crippen MR) is 75.3 cm³/mol. The molecule has 2 aromatic rings. The zero-order chi connectivity index (χ0) is 12.7. The Kier molecular flexibility index (Phi) is 2.74. The minimum absolute atomic E-state index is 0.118. The number of phenols is 1. The molecule has 18 heavy (non-hydrogen) atoms. The van der Waals surface area contributed by atoms with Crippen molar-refractivity contribution in [3.05, 3.63) is 36.4 Å². The standard InChI is InChI=1S/C14H12BrNO2/c15-10-6-14(18)16(8-10)13-3-1-2-9-4-5-11(17)7-12(9)13/h1-5,7,10,17H,6,8H2. The highest BCUT2D eigenvalue weighted by atomic mass is 79.9. The lowest BCUT2D eigenvalue weighted by atomic mass is 10.1. The molecule has 2 aromatic carbocycles. The lowest BCUT2D eigenvalue weighted by Gasteiger charge is -2.18. The zero-order valence-electron chi connectivity index (χ0n) is 9.64. The summed E-state index contributed by atoms with van der Waals surface area (Å²) in [5, 5.41) is 11.5. The van der Waals surface area contributed by atoms with Gasteiger partial charge in [-0.2, -0.15) is 0 Å². The number of phenolic OH excluding ortho intramolecular Hbond substituents is 1. The van der Waals surface area contributed by atoms with Crippen molar-refractivity contribution >= 4 is 38.3 Å². The number of alkyl halides is 1. The summed E-state index contributed by atoms with van der Waals surface area (Å²) in [6.07, 6.45) is 0.523. The number of fused-ring (bicyclic) bond motifs is 1. The fourth-order valence-electron chi connectivity index (χ4n) is 2.38. The molecule has 1 N–H and O–H groups in total. The average molecular weight is 306 g/mol. The summed E-state index contributed by atoms with van der Waals surface area (Å²) >= 11 is 3.48. The van der Waals surface area contributed by atoms with Crippen molar-refractivity contribution in [2.75, 3.05) is 11.4 Å². The summed E-state index contributed by atoms with van der Waals surface area (Å²) in [7, 11) is 0. The van der Waals surface area contributed by atoms with Gasteiger partial charge in [0.25, 0.3) is 0 Å². The van der Waals surface area contributed by atoms with E-state index in [-0.39, 0.29) is 16.5 Å². The molecule has 0 aliphatic carbocycles. The average Bonchev–Trinajstić information content (AvgIpc) is 2.67.